The molecule has 198 valence electrons. The highest BCUT2D eigenvalue weighted by Crippen LogP contribution is 2.24. The van der Waals surface area contributed by atoms with Crippen molar-refractivity contribution in [3.05, 3.63) is 65.2 Å². The van der Waals surface area contributed by atoms with Crippen LogP contribution in [0.2, 0.25) is 0 Å². The summed E-state index contributed by atoms with van der Waals surface area (Å²) in [5.41, 5.74) is 3.65. The van der Waals surface area contributed by atoms with Gasteiger partial charge in [-0.15, -0.1) is 11.3 Å². The van der Waals surface area contributed by atoms with Gasteiger partial charge in [0.2, 0.25) is 17.7 Å². The molecule has 0 atom stereocenters. The third-order valence-corrected chi connectivity index (χ3v) is 8.00. The molecule has 1 aliphatic rings. The fraction of sp³-hybridized carbons (Fsp3) is 0.296. The van der Waals surface area contributed by atoms with Crippen LogP contribution in [0.4, 0.5) is 17.1 Å². The monoisotopic (exact) mass is 551 g/mol. The van der Waals surface area contributed by atoms with Crippen molar-refractivity contribution in [3.63, 3.8) is 0 Å². The number of benzene rings is 2. The van der Waals surface area contributed by atoms with Crippen molar-refractivity contribution in [3.8, 4) is 0 Å². The molecule has 0 unspecified atom stereocenters. The number of nitrogens with zero attached hydrogens (tertiary/aromatic N) is 3. The maximum Gasteiger partial charge on any atom is 0.234 e. The smallest absolute Gasteiger partial charge is 0.234 e. The van der Waals surface area contributed by atoms with Crippen molar-refractivity contribution in [2.75, 3.05) is 47.5 Å². The first kappa shape index (κ1) is 27.3. The minimum absolute atomic E-state index is 0.0372. The van der Waals surface area contributed by atoms with E-state index in [1.165, 1.54) is 30.0 Å². The average molecular weight is 552 g/mol. The van der Waals surface area contributed by atoms with Crippen molar-refractivity contribution >= 4 is 63.7 Å². The minimum atomic E-state index is -0.184. The number of piperazine rings is 1. The van der Waals surface area contributed by atoms with Gasteiger partial charge < -0.3 is 20.4 Å². The summed E-state index contributed by atoms with van der Waals surface area (Å²) in [6.07, 6.45) is 0.229. The van der Waals surface area contributed by atoms with Crippen LogP contribution in [0.1, 0.15) is 29.9 Å². The number of carbonyl (C=O) groups is 4. The lowest BCUT2D eigenvalue weighted by molar-refractivity contribution is -0.130. The molecule has 2 heterocycles. The second-order valence-corrected chi connectivity index (χ2v) is 10.9. The molecule has 3 amide bonds. The highest BCUT2D eigenvalue weighted by atomic mass is 32.2. The Hall–Kier alpha value is -3.70. The number of ketones is 1. The van der Waals surface area contributed by atoms with Gasteiger partial charge in [-0.25, -0.2) is 4.98 Å². The fourth-order valence-electron chi connectivity index (χ4n) is 4.03. The minimum Gasteiger partial charge on any atom is -0.368 e. The molecule has 3 aromatic rings. The lowest BCUT2D eigenvalue weighted by Crippen LogP contribution is -2.49. The van der Waals surface area contributed by atoms with Crippen LogP contribution in [0.5, 0.6) is 0 Å². The molecule has 0 radical (unpaired) electrons. The zero-order chi connectivity index (χ0) is 27.1. The van der Waals surface area contributed by atoms with Crippen LogP contribution in [0.25, 0.3) is 0 Å². The first-order valence-corrected chi connectivity index (χ1v) is 14.0. The van der Waals surface area contributed by atoms with Gasteiger partial charge in [0, 0.05) is 61.1 Å². The molecule has 2 N–H and O–H groups in total. The molecule has 0 aliphatic carbocycles. The maximum absolute atomic E-state index is 12.8. The number of rotatable bonds is 9. The molecule has 11 heteroatoms. The normalized spacial score (nSPS) is 13.2. The third-order valence-electron chi connectivity index (χ3n) is 5.93. The number of thiazole rings is 1. The highest BCUT2D eigenvalue weighted by Gasteiger charge is 2.22. The number of thioether (sulfide) groups is 1. The van der Waals surface area contributed by atoms with Crippen LogP contribution in [-0.2, 0) is 20.8 Å². The van der Waals surface area contributed by atoms with Crippen molar-refractivity contribution in [1.29, 1.82) is 0 Å². The van der Waals surface area contributed by atoms with Gasteiger partial charge >= 0.3 is 0 Å². The Morgan fingerprint density at radius 3 is 2.29 bits per heavy atom. The Bertz CT molecular complexity index is 1320. The number of amides is 3. The van der Waals surface area contributed by atoms with E-state index in [1.807, 2.05) is 34.5 Å². The first-order valence-electron chi connectivity index (χ1n) is 12.2. The Kier molecular flexibility index (Phi) is 9.14. The van der Waals surface area contributed by atoms with E-state index in [0.29, 0.717) is 35.7 Å². The number of anilines is 3. The topological polar surface area (TPSA) is 112 Å². The summed E-state index contributed by atoms with van der Waals surface area (Å²) >= 11 is 2.74. The molecular formula is C27H29N5O4S2. The number of aromatic nitrogens is 1. The van der Waals surface area contributed by atoms with E-state index in [4.69, 9.17) is 0 Å². The summed E-state index contributed by atoms with van der Waals surface area (Å²) in [7, 11) is 0. The van der Waals surface area contributed by atoms with Crippen LogP contribution in [-0.4, -0.2) is 65.3 Å². The van der Waals surface area contributed by atoms with Crippen molar-refractivity contribution in [1.82, 2.24) is 9.88 Å². The summed E-state index contributed by atoms with van der Waals surface area (Å²) in [5.74, 6) is -0.0986. The largest absolute Gasteiger partial charge is 0.368 e. The first-order chi connectivity index (χ1) is 18.3. The Balaban J connectivity index is 1.21. The molecule has 1 saturated heterocycles. The second-order valence-electron chi connectivity index (χ2n) is 8.85. The molecule has 1 aliphatic heterocycles. The van der Waals surface area contributed by atoms with E-state index >= 15 is 0 Å². The summed E-state index contributed by atoms with van der Waals surface area (Å²) in [6, 6.07) is 14.5. The number of Topliss-reactive ketones (excluding diaryl/α,β-unsaturated/α-hetero) is 1. The third kappa shape index (κ3) is 7.65. The predicted octanol–water partition coefficient (Wildman–Crippen LogP) is 3.93. The molecule has 0 spiro atoms. The van der Waals surface area contributed by atoms with E-state index in [0.717, 1.165) is 23.1 Å². The van der Waals surface area contributed by atoms with Gasteiger partial charge in [-0.1, -0.05) is 17.8 Å². The van der Waals surface area contributed by atoms with E-state index in [1.54, 1.807) is 31.2 Å². The van der Waals surface area contributed by atoms with Crippen molar-refractivity contribution in [2.45, 2.75) is 24.6 Å². The molecule has 0 saturated carbocycles. The molecule has 38 heavy (non-hydrogen) atoms. The number of hydrogen-bond donors (Lipinski definition) is 2. The zero-order valence-corrected chi connectivity index (χ0v) is 22.9. The van der Waals surface area contributed by atoms with Gasteiger partial charge in [-0.3, -0.25) is 19.2 Å². The fourth-order valence-corrected chi connectivity index (χ4v) is 5.67. The van der Waals surface area contributed by atoms with Gasteiger partial charge in [0.15, 0.2) is 10.1 Å². The Morgan fingerprint density at radius 1 is 0.947 bits per heavy atom. The molecule has 9 nitrogen and oxygen atoms in total. The standard InChI is InChI=1S/C27H29N5O4S2/c1-18(33)20-6-8-24(9-7-20)31-10-12-32(13-11-31)26(36)15-23-16-37-27(30-23)38-17-25(35)29-22-5-3-4-21(14-22)28-19(2)34/h3-9,14,16H,10-13,15,17H2,1-2H3,(H,28,34)(H,29,35). The van der Waals surface area contributed by atoms with E-state index in [2.05, 4.69) is 20.5 Å². The van der Waals surface area contributed by atoms with Crippen LogP contribution < -0.4 is 15.5 Å². The molecule has 1 fully saturated rings. The summed E-state index contributed by atoms with van der Waals surface area (Å²) in [5, 5.41) is 7.37. The van der Waals surface area contributed by atoms with Gasteiger partial charge in [0.05, 0.1) is 17.9 Å². The molecular weight excluding hydrogens is 522 g/mol. The van der Waals surface area contributed by atoms with E-state index in [9.17, 15) is 19.2 Å². The molecule has 4 rings (SSSR count). The van der Waals surface area contributed by atoms with Gasteiger partial charge in [0.1, 0.15) is 0 Å². The van der Waals surface area contributed by atoms with Gasteiger partial charge in [-0.2, -0.15) is 0 Å². The molecule has 1 aromatic heterocycles. The summed E-state index contributed by atoms with van der Waals surface area (Å²) in [4.78, 5) is 56.5. The average Bonchev–Trinajstić information content (AvgIpc) is 3.34. The molecule has 2 aromatic carbocycles. The zero-order valence-electron chi connectivity index (χ0n) is 21.2. The lowest BCUT2D eigenvalue weighted by Gasteiger charge is -2.36. The predicted molar refractivity (Wildman–Crippen MR) is 151 cm³/mol. The second kappa shape index (κ2) is 12.7. The van der Waals surface area contributed by atoms with Crippen LogP contribution in [0.3, 0.4) is 0 Å². The van der Waals surface area contributed by atoms with E-state index < -0.39 is 0 Å². The van der Waals surface area contributed by atoms with Crippen LogP contribution in [0, 0.1) is 0 Å². The Labute approximate surface area is 229 Å². The van der Waals surface area contributed by atoms with Crippen LogP contribution in [0.15, 0.2) is 58.3 Å². The summed E-state index contributed by atoms with van der Waals surface area (Å²) in [6.45, 7) is 5.69. The van der Waals surface area contributed by atoms with Crippen molar-refractivity contribution in [2.24, 2.45) is 0 Å². The number of hydrogen-bond acceptors (Lipinski definition) is 8. The Morgan fingerprint density at radius 2 is 1.63 bits per heavy atom. The van der Waals surface area contributed by atoms with Crippen molar-refractivity contribution < 1.29 is 19.2 Å². The maximum atomic E-state index is 12.8. The quantitative estimate of drug-likeness (QED) is 0.306. The number of nitrogens with one attached hydrogen (secondary N) is 2. The number of carbonyl (C=O) groups excluding carboxylic acids is 4. The van der Waals surface area contributed by atoms with E-state index in [-0.39, 0.29) is 35.7 Å². The highest BCUT2D eigenvalue weighted by molar-refractivity contribution is 8.01. The van der Waals surface area contributed by atoms with Crippen LogP contribution >= 0.6 is 23.1 Å². The van der Waals surface area contributed by atoms with Gasteiger partial charge in [0.25, 0.3) is 0 Å². The van der Waals surface area contributed by atoms with Gasteiger partial charge in [-0.05, 0) is 49.4 Å². The lowest BCUT2D eigenvalue weighted by atomic mass is 10.1. The summed E-state index contributed by atoms with van der Waals surface area (Å²) < 4.78 is 0.730. The molecule has 0 bridgehead atoms. The SMILES string of the molecule is CC(=O)Nc1cccc(NC(=O)CSc2nc(CC(=O)N3CCN(c4ccc(C(C)=O)cc4)CC3)cs2)c1.